The van der Waals surface area contributed by atoms with Gasteiger partial charge in [-0.25, -0.2) is 4.79 Å². The summed E-state index contributed by atoms with van der Waals surface area (Å²) < 4.78 is 48.1. The molecule has 1 aromatic carbocycles. The summed E-state index contributed by atoms with van der Waals surface area (Å²) in [5.41, 5.74) is 0.420. The molecular weight excluding hydrogens is 351 g/mol. The van der Waals surface area contributed by atoms with Crippen molar-refractivity contribution in [3.63, 3.8) is 0 Å². The van der Waals surface area contributed by atoms with Crippen LogP contribution >= 0.6 is 0 Å². The average molecular weight is 369 g/mol. The second kappa shape index (κ2) is 6.03. The van der Waals surface area contributed by atoms with Crippen LogP contribution in [0.15, 0.2) is 24.3 Å². The molecule has 0 aliphatic carbocycles. The van der Waals surface area contributed by atoms with Crippen molar-refractivity contribution < 1.29 is 32.2 Å². The lowest BCUT2D eigenvalue weighted by Gasteiger charge is -2.28. The van der Waals surface area contributed by atoms with E-state index in [-0.39, 0.29) is 18.0 Å². The van der Waals surface area contributed by atoms with E-state index in [0.717, 1.165) is 6.07 Å². The van der Waals surface area contributed by atoms with E-state index in [2.05, 4.69) is 4.74 Å². The number of esters is 1. The first-order valence-electron chi connectivity index (χ1n) is 8.10. The van der Waals surface area contributed by atoms with E-state index in [1.165, 1.54) is 12.1 Å². The monoisotopic (exact) mass is 369 g/mol. The number of aryl methyl sites for hydroxylation is 1. The van der Waals surface area contributed by atoms with Gasteiger partial charge in [-0.2, -0.15) is 0 Å². The number of ketones is 1. The zero-order chi connectivity index (χ0) is 19.3. The minimum Gasteiger partial charge on any atom is -0.458 e. The van der Waals surface area contributed by atoms with E-state index in [4.69, 9.17) is 4.74 Å². The van der Waals surface area contributed by atoms with Gasteiger partial charge in [-0.05, 0) is 51.5 Å². The number of carbonyl (C=O) groups excluding carboxylic acids is 2. The van der Waals surface area contributed by atoms with Crippen molar-refractivity contribution in [1.82, 2.24) is 4.57 Å². The zero-order valence-electron chi connectivity index (χ0n) is 14.5. The Kier molecular flexibility index (Phi) is 4.24. The summed E-state index contributed by atoms with van der Waals surface area (Å²) in [5.74, 6) is -1.30. The topological polar surface area (TPSA) is 57.5 Å². The Labute approximate surface area is 147 Å². The molecular formula is C18H18F3NO4. The maximum Gasteiger partial charge on any atom is 0.573 e. The Bertz CT molecular complexity index is 877. The summed E-state index contributed by atoms with van der Waals surface area (Å²) >= 11 is 0. The van der Waals surface area contributed by atoms with Crippen molar-refractivity contribution in [2.75, 3.05) is 0 Å². The van der Waals surface area contributed by atoms with Gasteiger partial charge in [0.1, 0.15) is 11.4 Å². The van der Waals surface area contributed by atoms with E-state index in [9.17, 15) is 22.8 Å². The maximum atomic E-state index is 12.5. The van der Waals surface area contributed by atoms with Gasteiger partial charge in [0.05, 0.1) is 0 Å². The van der Waals surface area contributed by atoms with Crippen molar-refractivity contribution in [3.8, 4) is 5.75 Å². The van der Waals surface area contributed by atoms with Crippen LogP contribution in [0.4, 0.5) is 13.2 Å². The van der Waals surface area contributed by atoms with Crippen LogP contribution in [-0.4, -0.2) is 28.3 Å². The summed E-state index contributed by atoms with van der Waals surface area (Å²) in [7, 11) is 0. The van der Waals surface area contributed by atoms with Gasteiger partial charge in [0.2, 0.25) is 0 Å². The van der Waals surface area contributed by atoms with Crippen LogP contribution in [0.3, 0.4) is 0 Å². The molecule has 1 unspecified atom stereocenters. The van der Waals surface area contributed by atoms with Crippen molar-refractivity contribution in [2.24, 2.45) is 0 Å². The molecule has 1 aromatic heterocycles. The third-order valence-corrected chi connectivity index (χ3v) is 3.94. The molecule has 0 saturated carbocycles. The molecule has 2 aromatic rings. The molecule has 0 radical (unpaired) electrons. The number of rotatable bonds is 2. The van der Waals surface area contributed by atoms with Crippen molar-refractivity contribution >= 4 is 22.7 Å². The Morgan fingerprint density at radius 2 is 1.85 bits per heavy atom. The van der Waals surface area contributed by atoms with E-state index >= 15 is 0 Å². The normalized spacial score (nSPS) is 17.9. The number of Topliss-reactive ketones (excluding diaryl/α,β-unsaturated/α-hetero) is 1. The molecule has 1 aliphatic rings. The molecule has 2 heterocycles. The van der Waals surface area contributed by atoms with Crippen molar-refractivity contribution in [1.29, 1.82) is 0 Å². The highest BCUT2D eigenvalue weighted by Crippen LogP contribution is 2.34. The molecule has 1 atom stereocenters. The number of fused-ring (bicyclic) bond motifs is 3. The van der Waals surface area contributed by atoms with Crippen LogP contribution < -0.4 is 4.74 Å². The fourth-order valence-electron chi connectivity index (χ4n) is 3.09. The standard InChI is InChI=1S/C18H18F3NO4/c1-17(2,3)26-16(24)15-14(23)7-4-11-8-10-9-12(25-18(19,20)21)5-6-13(10)22(11)15/h5-6,8-9,15H,4,7H2,1-3H3. The lowest BCUT2D eigenvalue weighted by atomic mass is 10.0. The summed E-state index contributed by atoms with van der Waals surface area (Å²) in [6.45, 7) is 5.11. The van der Waals surface area contributed by atoms with Crippen LogP contribution in [0.25, 0.3) is 10.9 Å². The van der Waals surface area contributed by atoms with Crippen molar-refractivity contribution in [3.05, 3.63) is 30.0 Å². The van der Waals surface area contributed by atoms with Crippen molar-refractivity contribution in [2.45, 2.75) is 51.6 Å². The van der Waals surface area contributed by atoms with Crippen LogP contribution in [0.2, 0.25) is 0 Å². The highest BCUT2D eigenvalue weighted by atomic mass is 19.4. The summed E-state index contributed by atoms with van der Waals surface area (Å²) in [5, 5.41) is 0.463. The van der Waals surface area contributed by atoms with Gasteiger partial charge in [-0.15, -0.1) is 13.2 Å². The molecule has 0 amide bonds. The first-order valence-corrected chi connectivity index (χ1v) is 8.10. The third-order valence-electron chi connectivity index (χ3n) is 3.94. The third kappa shape index (κ3) is 3.68. The molecule has 0 bridgehead atoms. The van der Waals surface area contributed by atoms with E-state index in [1.807, 2.05) is 0 Å². The van der Waals surface area contributed by atoms with Crippen LogP contribution in [0.5, 0.6) is 5.75 Å². The van der Waals surface area contributed by atoms with Gasteiger partial charge in [-0.1, -0.05) is 0 Å². The number of benzene rings is 1. The van der Waals surface area contributed by atoms with Crippen LogP contribution in [-0.2, 0) is 20.7 Å². The lowest BCUT2D eigenvalue weighted by molar-refractivity contribution is -0.274. The second-order valence-electron chi connectivity index (χ2n) is 7.18. The van der Waals surface area contributed by atoms with Gasteiger partial charge in [0, 0.05) is 23.0 Å². The number of aromatic nitrogens is 1. The Morgan fingerprint density at radius 1 is 1.15 bits per heavy atom. The second-order valence-corrected chi connectivity index (χ2v) is 7.18. The number of halogens is 3. The van der Waals surface area contributed by atoms with Gasteiger partial charge < -0.3 is 14.0 Å². The number of nitrogens with zero attached hydrogens (tertiary/aromatic N) is 1. The summed E-state index contributed by atoms with van der Waals surface area (Å²) in [6, 6.07) is 4.35. The fraction of sp³-hybridized carbons (Fsp3) is 0.444. The molecule has 0 N–H and O–H groups in total. The molecule has 0 spiro atoms. The molecule has 1 aliphatic heterocycles. The number of carbonyl (C=O) groups is 2. The summed E-state index contributed by atoms with van der Waals surface area (Å²) in [4.78, 5) is 24.9. The largest absolute Gasteiger partial charge is 0.573 e. The Morgan fingerprint density at radius 3 is 2.46 bits per heavy atom. The van der Waals surface area contributed by atoms with Gasteiger partial charge in [0.25, 0.3) is 0 Å². The molecule has 140 valence electrons. The molecule has 26 heavy (non-hydrogen) atoms. The number of hydrogen-bond donors (Lipinski definition) is 0. The highest BCUT2D eigenvalue weighted by Gasteiger charge is 2.37. The smallest absolute Gasteiger partial charge is 0.458 e. The first-order chi connectivity index (χ1) is 11.9. The van der Waals surface area contributed by atoms with Crippen LogP contribution in [0.1, 0.15) is 38.9 Å². The first kappa shape index (κ1) is 18.3. The Hall–Kier alpha value is -2.51. The van der Waals surface area contributed by atoms with E-state index in [1.54, 1.807) is 31.4 Å². The predicted molar refractivity (Wildman–Crippen MR) is 86.8 cm³/mol. The Balaban J connectivity index is 2.04. The predicted octanol–water partition coefficient (Wildman–Crippen LogP) is 3.94. The van der Waals surface area contributed by atoms with E-state index < -0.39 is 24.0 Å². The molecule has 8 heteroatoms. The average Bonchev–Trinajstić information content (AvgIpc) is 2.81. The molecule has 0 fully saturated rings. The number of alkyl halides is 3. The highest BCUT2D eigenvalue weighted by molar-refractivity contribution is 6.04. The molecule has 5 nitrogen and oxygen atoms in total. The number of ether oxygens (including phenoxy) is 2. The zero-order valence-corrected chi connectivity index (χ0v) is 14.5. The van der Waals surface area contributed by atoms with Gasteiger partial charge in [-0.3, -0.25) is 4.79 Å². The number of hydrogen-bond acceptors (Lipinski definition) is 4. The molecule has 3 rings (SSSR count). The van der Waals surface area contributed by atoms with Gasteiger partial charge >= 0.3 is 12.3 Å². The van der Waals surface area contributed by atoms with Crippen LogP contribution in [0, 0.1) is 0 Å². The molecule has 0 saturated heterocycles. The van der Waals surface area contributed by atoms with E-state index in [0.29, 0.717) is 23.0 Å². The minimum atomic E-state index is -4.79. The minimum absolute atomic E-state index is 0.173. The lowest BCUT2D eigenvalue weighted by Crippen LogP contribution is -2.37. The quantitative estimate of drug-likeness (QED) is 0.594. The van der Waals surface area contributed by atoms with Gasteiger partial charge in [0.15, 0.2) is 11.8 Å². The fourth-order valence-corrected chi connectivity index (χ4v) is 3.09. The maximum absolute atomic E-state index is 12.5. The SMILES string of the molecule is CC(C)(C)OC(=O)C1C(=O)CCc2cc3cc(OC(F)(F)F)ccc3n21. The summed E-state index contributed by atoms with van der Waals surface area (Å²) in [6.07, 6.45) is -4.21.